The number of phosphoric acid groups is 3. The van der Waals surface area contributed by atoms with Crippen molar-refractivity contribution in [2.45, 2.75) is 133 Å². The van der Waals surface area contributed by atoms with Crippen molar-refractivity contribution in [3.05, 3.63) is 139 Å². The number of urea groups is 1. The molecule has 8 heterocycles. The first-order chi connectivity index (χ1) is 52.9. The number of amides is 5. The second-order valence-corrected chi connectivity index (χ2v) is 36.5. The zero-order valence-corrected chi connectivity index (χ0v) is 66.0. The number of phosphoric ester groups is 1. The minimum Gasteiger partial charge on any atom is -0.478 e. The van der Waals surface area contributed by atoms with Crippen molar-refractivity contribution in [2.24, 2.45) is 5.73 Å². The highest BCUT2D eigenvalue weighted by Crippen LogP contribution is 2.66. The van der Waals surface area contributed by atoms with Crippen LogP contribution < -0.4 is 51.8 Å². The van der Waals surface area contributed by atoms with Gasteiger partial charge in [0.25, 0.3) is 5.91 Å². The predicted octanol–water partition coefficient (Wildman–Crippen LogP) is 5.43. The van der Waals surface area contributed by atoms with Crippen LogP contribution in [0.4, 0.5) is 15.3 Å². The maximum atomic E-state index is 14.1. The number of nitrogens with zero attached hydrogens (tertiary/aromatic N) is 6. The molecule has 1 aromatic heterocycles. The van der Waals surface area contributed by atoms with Gasteiger partial charge in [-0.15, -0.1) is 5.10 Å². The molecule has 7 aliphatic heterocycles. The molecule has 0 bridgehead atoms. The van der Waals surface area contributed by atoms with E-state index < -0.39 is 82.2 Å². The van der Waals surface area contributed by atoms with Gasteiger partial charge in [-0.05, 0) is 134 Å². The van der Waals surface area contributed by atoms with E-state index in [4.69, 9.17) is 59.7 Å². The molecule has 5 aromatic rings. The minimum absolute atomic E-state index is 0.0366. The third kappa shape index (κ3) is 21.7. The molecule has 33 nitrogen and oxygen atoms in total. The lowest BCUT2D eigenvalue weighted by Gasteiger charge is -2.39. The van der Waals surface area contributed by atoms with Crippen LogP contribution in [-0.4, -0.2) is 189 Å². The quantitative estimate of drug-likeness (QED) is 0.00585. The Morgan fingerprint density at radius 2 is 1.63 bits per heavy atom. The van der Waals surface area contributed by atoms with Crippen LogP contribution in [0.1, 0.15) is 124 Å². The van der Waals surface area contributed by atoms with Gasteiger partial charge in [0.2, 0.25) is 11.3 Å². The molecule has 0 spiro atoms. The SMILES string of the molecule is CCS(=S)COC1C[C@H](N2C=C(C#CCNC(=O)OCCCCOCSSc3ccc(CC(=O)NCCOCCCn4cc(CNC(=O)c5ccc(C(=O)O)c(C6=c7cc8c9c(c7Oc7c6cc6c%10c7CCCN%10CCC6)CCC[N+]=9CCC8)c5)nn4)cc3)C(N)NC2=O)O[C@@H]1COP(=O)(O)OP(=O)(O)OP(=O)(O)O. The standard InChI is InChI=1S/C70H86N11O22P3S4/c1-2-110(107)43-98-57-37-60(100-58(57)41-99-105(91,92)103-106(93,94)102-104(88,89)90)81-39-48(66(71)75-69(81)86)11-5-22-73-70(87)97-31-4-3-29-96-42-108-109-50-19-16-44(17-20-50)33-59(82)72-23-32-95-30-10-28-80-40-49(76-77-80)38-74-67(83)47-18-21-51(68(84)85)54(36-47)61-55-34-45-12-6-24-78-26-8-14-52(62(45)78)64(55)101-65-53-15-9-27-79-25-7-13-46(63(53)79)35-56(61)65/h16-21,34-36,39-40,57-58,60,66H,2-4,6-10,12-15,22-33,37-38,41-43,71H2,1H3,(H8-,72,73,74,75,82,83,84,85,86,87,88,89,90,91,92,93,94)/p+1/t57?,58-,60-,66?,110?/m1/s1. The van der Waals surface area contributed by atoms with Crippen molar-refractivity contribution >= 4 is 107 Å². The van der Waals surface area contributed by atoms with Gasteiger partial charge in [-0.1, -0.05) is 67.2 Å². The van der Waals surface area contributed by atoms with Crippen LogP contribution in [0.25, 0.3) is 5.57 Å². The molecular formula is C70H87N11O22P3S4+. The molecule has 4 aromatic carbocycles. The number of rotatable bonds is 36. The van der Waals surface area contributed by atoms with Crippen molar-refractivity contribution in [1.82, 2.24) is 45.7 Å². The second kappa shape index (κ2) is 37.8. The van der Waals surface area contributed by atoms with Gasteiger partial charge in [-0.2, -0.15) is 8.62 Å². The number of aromatic nitrogens is 3. The number of alkyl carbamates (subject to hydrolysis) is 1. The molecule has 592 valence electrons. The molecule has 12 rings (SSSR count). The summed E-state index contributed by atoms with van der Waals surface area (Å²) in [6, 6.07) is 16.3. The highest BCUT2D eigenvalue weighted by atomic mass is 33.1. The van der Waals surface area contributed by atoms with E-state index in [1.807, 2.05) is 31.2 Å². The Morgan fingerprint density at radius 3 is 2.42 bits per heavy atom. The van der Waals surface area contributed by atoms with Gasteiger partial charge in [0, 0.05) is 108 Å². The van der Waals surface area contributed by atoms with E-state index in [0.29, 0.717) is 80.7 Å². The first-order valence-electron chi connectivity index (χ1n) is 36.0. The van der Waals surface area contributed by atoms with E-state index in [9.17, 15) is 52.6 Å². The molecular weight excluding hydrogens is 1570 g/mol. The molecule has 1 fully saturated rings. The number of unbranched alkanes of at least 4 members (excludes halogenated alkanes) is 1. The first kappa shape index (κ1) is 82.5. The van der Waals surface area contributed by atoms with Crippen molar-refractivity contribution in [3.63, 3.8) is 0 Å². The molecule has 5 amide bonds. The van der Waals surface area contributed by atoms with E-state index in [-0.39, 0.29) is 61.4 Å². The summed E-state index contributed by atoms with van der Waals surface area (Å²) in [7, 11) is -14.5. The van der Waals surface area contributed by atoms with Crippen LogP contribution in [0.15, 0.2) is 77.5 Å². The van der Waals surface area contributed by atoms with Crippen molar-refractivity contribution in [3.8, 4) is 23.3 Å². The summed E-state index contributed by atoms with van der Waals surface area (Å²) in [4.78, 5) is 107. The van der Waals surface area contributed by atoms with E-state index in [0.717, 1.165) is 121 Å². The number of carboxylic acids is 1. The molecule has 1 saturated heterocycles. The van der Waals surface area contributed by atoms with Crippen LogP contribution >= 0.6 is 45.1 Å². The summed E-state index contributed by atoms with van der Waals surface area (Å²) in [5, 5.41) is 32.5. The molecule has 11 N–H and O–H groups in total. The fourth-order valence-corrected chi connectivity index (χ4v) is 19.5. The summed E-state index contributed by atoms with van der Waals surface area (Å²) in [6.07, 6.45) is 7.74. The van der Waals surface area contributed by atoms with E-state index >= 15 is 0 Å². The maximum Gasteiger partial charge on any atom is 0.490 e. The highest BCUT2D eigenvalue weighted by Gasteiger charge is 2.46. The molecule has 110 heavy (non-hydrogen) atoms. The Morgan fingerprint density at radius 1 is 0.864 bits per heavy atom. The lowest BCUT2D eigenvalue weighted by atomic mass is 9.81. The van der Waals surface area contributed by atoms with Crippen LogP contribution in [0.2, 0.25) is 0 Å². The minimum atomic E-state index is -5.79. The first-order valence-corrected chi connectivity index (χ1v) is 45.3. The van der Waals surface area contributed by atoms with Crippen LogP contribution in [-0.2, 0) is 121 Å². The smallest absolute Gasteiger partial charge is 0.478 e. The number of carboxylic acid groups (broad SMARTS) is 1. The number of fused-ring (bicyclic) bond motifs is 4. The number of carbonyl (C=O) groups excluding carboxylic acids is 4. The van der Waals surface area contributed by atoms with Gasteiger partial charge in [-0.3, -0.25) is 23.7 Å². The summed E-state index contributed by atoms with van der Waals surface area (Å²) < 4.78 is 87.6. The summed E-state index contributed by atoms with van der Waals surface area (Å²) in [6.45, 7) is 7.13. The van der Waals surface area contributed by atoms with Crippen molar-refractivity contribution in [1.29, 1.82) is 0 Å². The molecule has 7 atom stereocenters. The maximum absolute atomic E-state index is 14.1. The average Bonchev–Trinajstić information content (AvgIpc) is 0.814. The summed E-state index contributed by atoms with van der Waals surface area (Å²) in [5.74, 6) is 6.62. The number of nitrogens with two attached hydrogens (primary N) is 1. The monoisotopic (exact) mass is 1650 g/mol. The number of hydrogen-bond acceptors (Lipinski definition) is 24. The number of ether oxygens (including phenoxy) is 6. The predicted molar refractivity (Wildman–Crippen MR) is 409 cm³/mol. The molecule has 0 aliphatic carbocycles. The largest absolute Gasteiger partial charge is 0.490 e. The fraction of sp³-hybridized carbons (Fsp3) is 0.486. The van der Waals surface area contributed by atoms with Gasteiger partial charge >= 0.3 is 41.6 Å². The number of nitrogens with one attached hydrogen (secondary N) is 4. The Labute approximate surface area is 648 Å². The zero-order valence-electron chi connectivity index (χ0n) is 60.1. The second-order valence-electron chi connectivity index (χ2n) is 26.6. The fourth-order valence-electron chi connectivity index (χ4n) is 14.1. The van der Waals surface area contributed by atoms with Gasteiger partial charge in [0.1, 0.15) is 54.7 Å². The number of anilines is 1. The molecule has 0 saturated carbocycles. The lowest BCUT2D eigenvalue weighted by molar-refractivity contribution is -0.120. The molecule has 7 aliphatic rings. The van der Waals surface area contributed by atoms with E-state index in [2.05, 4.69) is 73.6 Å². The highest BCUT2D eigenvalue weighted by molar-refractivity contribution is 8.76. The third-order valence-electron chi connectivity index (χ3n) is 18.9. The van der Waals surface area contributed by atoms with Crippen LogP contribution in [0.5, 0.6) is 11.5 Å². The Bertz CT molecular complexity index is 4710. The van der Waals surface area contributed by atoms with Gasteiger partial charge < -0.3 is 85.0 Å². The summed E-state index contributed by atoms with van der Waals surface area (Å²) >= 11 is 5.35. The molecule has 0 radical (unpaired) electrons. The Kier molecular flexibility index (Phi) is 28.3. The average molecular weight is 1660 g/mol. The number of benzene rings is 4. The van der Waals surface area contributed by atoms with Gasteiger partial charge in [0.15, 0.2) is 0 Å². The third-order valence-corrected chi connectivity index (χ3v) is 26.9. The zero-order chi connectivity index (χ0) is 77.7. The number of aryl methyl sites for hydroxylation is 3. The van der Waals surface area contributed by atoms with Crippen LogP contribution in [0, 0.1) is 11.8 Å². The number of aromatic carboxylic acids is 1. The number of hydrogen-bond donors (Lipinski definition) is 10. The van der Waals surface area contributed by atoms with Crippen LogP contribution in [0.3, 0.4) is 0 Å². The Balaban J connectivity index is 0.510. The van der Waals surface area contributed by atoms with E-state index in [1.54, 1.807) is 29.1 Å². The Hall–Kier alpha value is -6.98. The van der Waals surface area contributed by atoms with E-state index in [1.165, 1.54) is 61.1 Å². The normalized spacial score (nSPS) is 19.7. The van der Waals surface area contributed by atoms with Crippen molar-refractivity contribution < 1.29 is 104 Å². The van der Waals surface area contributed by atoms with Gasteiger partial charge in [-0.25, -0.2) is 32.7 Å². The van der Waals surface area contributed by atoms with Gasteiger partial charge in [0.05, 0.1) is 74.3 Å². The number of carbonyl (C=O) groups is 5. The topological polar surface area (TPSA) is 435 Å². The molecule has 40 heteroatoms. The summed E-state index contributed by atoms with van der Waals surface area (Å²) in [5.41, 5.74) is 16.5. The van der Waals surface area contributed by atoms with Crippen molar-refractivity contribution in [2.75, 3.05) is 94.8 Å². The lowest BCUT2D eigenvalue weighted by Crippen LogP contribution is -2.54. The molecule has 5 unspecified atom stereocenters.